The molecule has 0 aliphatic carbocycles. The van der Waals surface area contributed by atoms with Crippen LogP contribution in [-0.4, -0.2) is 34.2 Å². The van der Waals surface area contributed by atoms with E-state index in [1.165, 1.54) is 0 Å². The predicted octanol–water partition coefficient (Wildman–Crippen LogP) is 1.86. The molecule has 2 rings (SSSR count). The van der Waals surface area contributed by atoms with Crippen molar-refractivity contribution in [1.29, 1.82) is 0 Å². The number of carbonyl (C=O) groups is 1. The van der Waals surface area contributed by atoms with Crippen LogP contribution in [-0.2, 0) is 4.79 Å². The first kappa shape index (κ1) is 11.9. The highest BCUT2D eigenvalue weighted by molar-refractivity contribution is 5.71. The number of nitrogens with zero attached hydrogens (tertiary/aromatic N) is 1. The van der Waals surface area contributed by atoms with Gasteiger partial charge in [0.05, 0.1) is 5.92 Å². The van der Waals surface area contributed by atoms with Gasteiger partial charge in [0.2, 0.25) is 0 Å². The summed E-state index contributed by atoms with van der Waals surface area (Å²) in [5, 5.41) is 18.7. The molecule has 17 heavy (non-hydrogen) atoms. The quantitative estimate of drug-likeness (QED) is 0.836. The van der Waals surface area contributed by atoms with Crippen LogP contribution in [0.25, 0.3) is 0 Å². The molecular formula is C13H17NO3. The summed E-state index contributed by atoms with van der Waals surface area (Å²) < 4.78 is 0. The number of aliphatic carboxylic acids is 1. The fourth-order valence-electron chi connectivity index (χ4n) is 2.37. The third kappa shape index (κ3) is 2.26. The molecule has 0 radical (unpaired) electrons. The summed E-state index contributed by atoms with van der Waals surface area (Å²) in [4.78, 5) is 12.9. The number of carboxylic acid groups (broad SMARTS) is 1. The first-order valence-corrected chi connectivity index (χ1v) is 5.88. The number of hydrogen-bond donors (Lipinski definition) is 2. The molecule has 0 spiro atoms. The van der Waals surface area contributed by atoms with Crippen molar-refractivity contribution in [2.45, 2.75) is 19.4 Å². The molecule has 1 fully saturated rings. The van der Waals surface area contributed by atoms with Crippen LogP contribution in [0.3, 0.4) is 0 Å². The molecule has 92 valence electrons. The lowest BCUT2D eigenvalue weighted by atomic mass is 9.93. The van der Waals surface area contributed by atoms with Gasteiger partial charge >= 0.3 is 5.97 Å². The van der Waals surface area contributed by atoms with Crippen molar-refractivity contribution in [3.63, 3.8) is 0 Å². The monoisotopic (exact) mass is 235 g/mol. The maximum absolute atomic E-state index is 10.8. The summed E-state index contributed by atoms with van der Waals surface area (Å²) in [5.41, 5.74) is 0.888. The SMILES string of the molecule is CCC(c1ccccc1O)N1CC(C(=O)O)C1. The van der Waals surface area contributed by atoms with Crippen molar-refractivity contribution in [3.05, 3.63) is 29.8 Å². The van der Waals surface area contributed by atoms with Crippen LogP contribution < -0.4 is 0 Å². The molecule has 4 heteroatoms. The van der Waals surface area contributed by atoms with E-state index in [0.717, 1.165) is 12.0 Å². The van der Waals surface area contributed by atoms with Gasteiger partial charge in [-0.1, -0.05) is 25.1 Å². The highest BCUT2D eigenvalue weighted by atomic mass is 16.4. The van der Waals surface area contributed by atoms with Gasteiger partial charge in [-0.2, -0.15) is 0 Å². The smallest absolute Gasteiger partial charge is 0.309 e. The summed E-state index contributed by atoms with van der Waals surface area (Å²) >= 11 is 0. The van der Waals surface area contributed by atoms with Gasteiger partial charge in [-0.05, 0) is 12.5 Å². The molecule has 1 aliphatic rings. The highest BCUT2D eigenvalue weighted by Gasteiger charge is 2.37. The lowest BCUT2D eigenvalue weighted by molar-refractivity contribution is -0.148. The number of phenolic OH excluding ortho intramolecular Hbond substituents is 1. The molecule has 4 nitrogen and oxygen atoms in total. The van der Waals surface area contributed by atoms with Gasteiger partial charge in [0.15, 0.2) is 0 Å². The second-order valence-corrected chi connectivity index (χ2v) is 4.47. The Labute approximate surface area is 100 Å². The summed E-state index contributed by atoms with van der Waals surface area (Å²) in [5.74, 6) is -0.693. The average molecular weight is 235 g/mol. The van der Waals surface area contributed by atoms with Crippen molar-refractivity contribution in [3.8, 4) is 5.75 Å². The molecule has 0 bridgehead atoms. The zero-order valence-corrected chi connectivity index (χ0v) is 9.84. The van der Waals surface area contributed by atoms with E-state index in [2.05, 4.69) is 4.90 Å². The van der Waals surface area contributed by atoms with Crippen LogP contribution in [0.2, 0.25) is 0 Å². The van der Waals surface area contributed by atoms with Gasteiger partial charge in [-0.25, -0.2) is 0 Å². The molecule has 1 unspecified atom stereocenters. The summed E-state index contributed by atoms with van der Waals surface area (Å²) in [6.45, 7) is 3.19. The zero-order valence-electron chi connectivity index (χ0n) is 9.84. The fourth-order valence-corrected chi connectivity index (χ4v) is 2.37. The standard InChI is InChI=1S/C13H17NO3/c1-2-11(10-5-3-4-6-12(10)15)14-7-9(8-14)13(16)17/h3-6,9,11,15H,2,7-8H2,1H3,(H,16,17). The molecule has 1 atom stereocenters. The van der Waals surface area contributed by atoms with Gasteiger partial charge < -0.3 is 10.2 Å². The van der Waals surface area contributed by atoms with Crippen LogP contribution in [0.1, 0.15) is 24.9 Å². The largest absolute Gasteiger partial charge is 0.508 e. The Morgan fingerprint density at radius 1 is 1.47 bits per heavy atom. The number of para-hydroxylation sites is 1. The van der Waals surface area contributed by atoms with E-state index in [1.807, 2.05) is 19.1 Å². The van der Waals surface area contributed by atoms with Gasteiger partial charge in [0.1, 0.15) is 5.75 Å². The minimum Gasteiger partial charge on any atom is -0.508 e. The third-order valence-electron chi connectivity index (χ3n) is 3.38. The Morgan fingerprint density at radius 2 is 2.12 bits per heavy atom. The van der Waals surface area contributed by atoms with Crippen LogP contribution in [0.5, 0.6) is 5.75 Å². The molecule has 0 aromatic heterocycles. The normalized spacial score (nSPS) is 18.6. The molecular weight excluding hydrogens is 218 g/mol. The summed E-state index contributed by atoms with van der Waals surface area (Å²) in [6, 6.07) is 7.38. The summed E-state index contributed by atoms with van der Waals surface area (Å²) in [7, 11) is 0. The second kappa shape index (κ2) is 4.75. The maximum Gasteiger partial charge on any atom is 0.309 e. The van der Waals surface area contributed by atoms with Crippen molar-refractivity contribution >= 4 is 5.97 Å². The van der Waals surface area contributed by atoms with Gasteiger partial charge in [-0.3, -0.25) is 9.69 Å². The fraction of sp³-hybridized carbons (Fsp3) is 0.462. The Balaban J connectivity index is 2.09. The molecule has 1 heterocycles. The number of rotatable bonds is 4. The van der Waals surface area contributed by atoms with E-state index < -0.39 is 5.97 Å². The number of likely N-dealkylation sites (tertiary alicyclic amines) is 1. The molecule has 0 amide bonds. The van der Waals surface area contributed by atoms with Crippen molar-refractivity contribution < 1.29 is 15.0 Å². The molecule has 1 aliphatic heterocycles. The maximum atomic E-state index is 10.8. The molecule has 1 saturated heterocycles. The Bertz CT molecular complexity index is 413. The molecule has 2 N–H and O–H groups in total. The van der Waals surface area contributed by atoms with E-state index >= 15 is 0 Å². The van der Waals surface area contributed by atoms with E-state index in [4.69, 9.17) is 5.11 Å². The lowest BCUT2D eigenvalue weighted by Gasteiger charge is -2.42. The van der Waals surface area contributed by atoms with E-state index in [0.29, 0.717) is 13.1 Å². The molecule has 1 aromatic carbocycles. The van der Waals surface area contributed by atoms with Crippen molar-refractivity contribution in [2.75, 3.05) is 13.1 Å². The third-order valence-corrected chi connectivity index (χ3v) is 3.38. The second-order valence-electron chi connectivity index (χ2n) is 4.47. The lowest BCUT2D eigenvalue weighted by Crippen LogP contribution is -2.51. The van der Waals surface area contributed by atoms with E-state index in [9.17, 15) is 9.90 Å². The highest BCUT2D eigenvalue weighted by Crippen LogP contribution is 2.35. The number of benzene rings is 1. The number of phenols is 1. The van der Waals surface area contributed by atoms with Gasteiger partial charge in [0, 0.05) is 24.7 Å². The Hall–Kier alpha value is -1.55. The number of hydrogen-bond acceptors (Lipinski definition) is 3. The molecule has 1 aromatic rings. The predicted molar refractivity (Wildman–Crippen MR) is 63.8 cm³/mol. The van der Waals surface area contributed by atoms with Gasteiger partial charge in [0.25, 0.3) is 0 Å². The van der Waals surface area contributed by atoms with Crippen molar-refractivity contribution in [1.82, 2.24) is 4.90 Å². The van der Waals surface area contributed by atoms with Crippen LogP contribution >= 0.6 is 0 Å². The number of aromatic hydroxyl groups is 1. The first-order chi connectivity index (χ1) is 8.13. The van der Waals surface area contributed by atoms with Crippen LogP contribution in [0.15, 0.2) is 24.3 Å². The minimum absolute atomic E-state index is 0.117. The van der Waals surface area contributed by atoms with Crippen LogP contribution in [0, 0.1) is 5.92 Å². The Kier molecular flexibility index (Phi) is 3.33. The average Bonchev–Trinajstić information content (AvgIpc) is 2.23. The zero-order chi connectivity index (χ0) is 12.4. The minimum atomic E-state index is -0.728. The number of carboxylic acids is 1. The van der Waals surface area contributed by atoms with Gasteiger partial charge in [-0.15, -0.1) is 0 Å². The first-order valence-electron chi connectivity index (χ1n) is 5.88. The Morgan fingerprint density at radius 3 is 2.65 bits per heavy atom. The van der Waals surface area contributed by atoms with Crippen molar-refractivity contribution in [2.24, 2.45) is 5.92 Å². The summed E-state index contributed by atoms with van der Waals surface area (Å²) in [6.07, 6.45) is 0.865. The van der Waals surface area contributed by atoms with Crippen LogP contribution in [0.4, 0.5) is 0 Å². The van der Waals surface area contributed by atoms with E-state index in [-0.39, 0.29) is 17.7 Å². The topological polar surface area (TPSA) is 60.8 Å². The molecule has 0 saturated carbocycles. The van der Waals surface area contributed by atoms with E-state index in [1.54, 1.807) is 12.1 Å².